The van der Waals surface area contributed by atoms with Crippen LogP contribution < -0.4 is 5.32 Å². The third kappa shape index (κ3) is 7.62. The van der Waals surface area contributed by atoms with Crippen LogP contribution >= 0.6 is 0 Å². The molecule has 0 bridgehead atoms. The minimum absolute atomic E-state index is 0.00461. The molecular weight excluding hydrogens is 685 g/mol. The second-order valence-corrected chi connectivity index (χ2v) is 16.8. The van der Waals surface area contributed by atoms with Gasteiger partial charge in [0.2, 0.25) is 10.0 Å². The number of ether oxygens (including phenoxy) is 1. The molecule has 15 heteroatoms. The molecule has 3 saturated heterocycles. The fourth-order valence-corrected chi connectivity index (χ4v) is 9.21. The number of nitrogens with zero attached hydrogens (tertiary/aromatic N) is 6. The summed E-state index contributed by atoms with van der Waals surface area (Å²) in [6.45, 7) is 8.75. The SMILES string of the molecule is Cc1cc([C@@H](C)C(OC(=O)N2CCC(N3CCc4ccccc4NC3=O)CC2)C(=O)N2CCC(N3CCN(S(C)(=O)=O)CC3)CC2)cc2cn[nH]c12. The highest BCUT2D eigenvalue weighted by atomic mass is 32.2. The number of nitrogens with one attached hydrogen (secondary N) is 2. The molecule has 0 saturated carbocycles. The molecule has 0 radical (unpaired) electrons. The van der Waals surface area contributed by atoms with Crippen molar-refractivity contribution in [3.8, 4) is 0 Å². The Morgan fingerprint density at radius 2 is 1.58 bits per heavy atom. The van der Waals surface area contributed by atoms with E-state index in [4.69, 9.17) is 4.74 Å². The zero-order chi connectivity index (χ0) is 36.6. The van der Waals surface area contributed by atoms with E-state index < -0.39 is 28.1 Å². The molecule has 0 aliphatic carbocycles. The van der Waals surface area contributed by atoms with E-state index in [0.717, 1.165) is 52.5 Å². The Hall–Kier alpha value is -4.21. The van der Waals surface area contributed by atoms with Crippen molar-refractivity contribution in [3.05, 3.63) is 59.3 Å². The van der Waals surface area contributed by atoms with Gasteiger partial charge in [-0.1, -0.05) is 31.2 Å². The summed E-state index contributed by atoms with van der Waals surface area (Å²) in [4.78, 5) is 49.1. The van der Waals surface area contributed by atoms with E-state index in [1.807, 2.05) is 60.0 Å². The van der Waals surface area contributed by atoms with Crippen molar-refractivity contribution in [3.63, 3.8) is 0 Å². The molecule has 2 atom stereocenters. The van der Waals surface area contributed by atoms with Gasteiger partial charge in [0.05, 0.1) is 18.0 Å². The number of benzene rings is 2. The van der Waals surface area contributed by atoms with Crippen LogP contribution in [0.3, 0.4) is 0 Å². The lowest BCUT2D eigenvalue weighted by Crippen LogP contribution is -2.56. The number of rotatable bonds is 7. The summed E-state index contributed by atoms with van der Waals surface area (Å²) in [5, 5.41) is 11.2. The Kier molecular flexibility index (Phi) is 10.5. The molecule has 280 valence electrons. The highest BCUT2D eigenvalue weighted by molar-refractivity contribution is 7.88. The molecule has 4 aliphatic heterocycles. The first kappa shape index (κ1) is 36.2. The minimum Gasteiger partial charge on any atom is -0.435 e. The number of anilines is 1. The number of piperidine rings is 2. The number of sulfonamides is 1. The highest BCUT2D eigenvalue weighted by Crippen LogP contribution is 2.31. The van der Waals surface area contributed by atoms with Crippen molar-refractivity contribution < 1.29 is 27.5 Å². The zero-order valence-electron chi connectivity index (χ0n) is 30.3. The molecule has 5 heterocycles. The van der Waals surface area contributed by atoms with Crippen LogP contribution in [0.1, 0.15) is 55.2 Å². The van der Waals surface area contributed by atoms with E-state index in [2.05, 4.69) is 20.4 Å². The highest BCUT2D eigenvalue weighted by Gasteiger charge is 2.39. The number of aryl methyl sites for hydroxylation is 1. The van der Waals surface area contributed by atoms with Gasteiger partial charge in [-0.25, -0.2) is 18.0 Å². The van der Waals surface area contributed by atoms with E-state index in [1.165, 1.54) is 10.6 Å². The van der Waals surface area contributed by atoms with Crippen molar-refractivity contribution >= 4 is 44.6 Å². The molecule has 3 fully saturated rings. The summed E-state index contributed by atoms with van der Waals surface area (Å²) in [5.74, 6) is -0.627. The number of urea groups is 1. The summed E-state index contributed by atoms with van der Waals surface area (Å²) in [5.41, 5.74) is 4.78. The third-order valence-electron chi connectivity index (χ3n) is 11.6. The van der Waals surface area contributed by atoms with Crippen LogP contribution in [0.15, 0.2) is 42.6 Å². The molecule has 2 N–H and O–H groups in total. The molecule has 1 aromatic heterocycles. The van der Waals surface area contributed by atoms with Gasteiger partial charge in [-0.3, -0.25) is 14.8 Å². The Morgan fingerprint density at radius 3 is 2.29 bits per heavy atom. The van der Waals surface area contributed by atoms with Gasteiger partial charge in [-0.15, -0.1) is 0 Å². The number of likely N-dealkylation sites (tertiary alicyclic amines) is 2. The van der Waals surface area contributed by atoms with Crippen LogP contribution in [-0.2, 0) is 26.0 Å². The summed E-state index contributed by atoms with van der Waals surface area (Å²) >= 11 is 0. The largest absolute Gasteiger partial charge is 0.435 e. The van der Waals surface area contributed by atoms with Crippen LogP contribution in [0.2, 0.25) is 0 Å². The second-order valence-electron chi connectivity index (χ2n) is 14.8. The first-order chi connectivity index (χ1) is 25.0. The lowest BCUT2D eigenvalue weighted by Gasteiger charge is -2.43. The van der Waals surface area contributed by atoms with Gasteiger partial charge >= 0.3 is 12.1 Å². The Morgan fingerprint density at radius 1 is 0.904 bits per heavy atom. The molecule has 4 aliphatic rings. The Balaban J connectivity index is 1.01. The van der Waals surface area contributed by atoms with E-state index in [-0.39, 0.29) is 24.0 Å². The van der Waals surface area contributed by atoms with Gasteiger partial charge in [-0.2, -0.15) is 9.40 Å². The maximum absolute atomic E-state index is 14.4. The average Bonchev–Trinajstić information content (AvgIpc) is 3.57. The summed E-state index contributed by atoms with van der Waals surface area (Å²) in [7, 11) is -3.21. The molecule has 3 aromatic rings. The number of para-hydroxylation sites is 1. The van der Waals surface area contributed by atoms with Crippen LogP contribution in [0.5, 0.6) is 0 Å². The summed E-state index contributed by atoms with van der Waals surface area (Å²) in [6.07, 6.45) is 5.00. The van der Waals surface area contributed by atoms with Crippen molar-refractivity contribution in [1.29, 1.82) is 0 Å². The normalized spacial score (nSPS) is 21.4. The number of aromatic nitrogens is 2. The lowest BCUT2D eigenvalue weighted by molar-refractivity contribution is -0.143. The molecule has 14 nitrogen and oxygen atoms in total. The molecular formula is C37H50N8O6S. The van der Waals surface area contributed by atoms with Crippen molar-refractivity contribution in [2.24, 2.45) is 0 Å². The molecule has 0 spiro atoms. The zero-order valence-corrected chi connectivity index (χ0v) is 31.1. The molecule has 1 unspecified atom stereocenters. The first-order valence-corrected chi connectivity index (χ1v) is 20.3. The number of aromatic amines is 1. The standard InChI is InChI=1S/C37H50N8O6S/c1-25-22-28(23-29-24-38-40-33(25)29)26(2)34(35(46)42-13-9-30(10-14-42)41-18-20-44(21-19-41)52(3,49)50)51-37(48)43-15-11-31(12-16-43)45-17-8-27-6-4-5-7-32(27)39-36(45)47/h4-7,22-24,26,30-31,34H,8-21H2,1-3H3,(H,38,40)(H,39,47)/t26-,34?/m1/s1. The first-order valence-electron chi connectivity index (χ1n) is 18.5. The number of hydrogen-bond acceptors (Lipinski definition) is 8. The number of amides is 4. The maximum Gasteiger partial charge on any atom is 0.410 e. The van der Waals surface area contributed by atoms with E-state index in [0.29, 0.717) is 71.7 Å². The monoisotopic (exact) mass is 734 g/mol. The van der Waals surface area contributed by atoms with Crippen LogP contribution in [0.4, 0.5) is 15.3 Å². The fourth-order valence-electron chi connectivity index (χ4n) is 8.38. The molecule has 52 heavy (non-hydrogen) atoms. The van der Waals surface area contributed by atoms with Gasteiger partial charge in [0, 0.05) is 88.0 Å². The predicted octanol–water partition coefficient (Wildman–Crippen LogP) is 3.60. The average molecular weight is 735 g/mol. The van der Waals surface area contributed by atoms with Gasteiger partial charge in [-0.05, 0) is 67.9 Å². The smallest absolute Gasteiger partial charge is 0.410 e. The van der Waals surface area contributed by atoms with Crippen LogP contribution in [-0.4, -0.2) is 144 Å². The molecule has 7 rings (SSSR count). The second kappa shape index (κ2) is 15.0. The molecule has 4 amide bonds. The van der Waals surface area contributed by atoms with Gasteiger partial charge < -0.3 is 24.8 Å². The van der Waals surface area contributed by atoms with Gasteiger partial charge in [0.1, 0.15) is 0 Å². The van der Waals surface area contributed by atoms with Crippen molar-refractivity contribution in [1.82, 2.24) is 34.1 Å². The lowest BCUT2D eigenvalue weighted by atomic mass is 9.91. The molecule has 2 aromatic carbocycles. The summed E-state index contributed by atoms with van der Waals surface area (Å²) < 4.78 is 31.7. The number of fused-ring (bicyclic) bond motifs is 2. The Bertz CT molecular complexity index is 1890. The topological polar surface area (TPSA) is 151 Å². The number of carbonyl (C=O) groups excluding carboxylic acids is 3. The van der Waals surface area contributed by atoms with Crippen LogP contribution in [0, 0.1) is 6.92 Å². The van der Waals surface area contributed by atoms with E-state index >= 15 is 0 Å². The third-order valence-corrected chi connectivity index (χ3v) is 12.9. The predicted molar refractivity (Wildman–Crippen MR) is 198 cm³/mol. The van der Waals surface area contributed by atoms with Crippen molar-refractivity contribution in [2.45, 2.75) is 70.1 Å². The van der Waals surface area contributed by atoms with E-state index in [9.17, 15) is 22.8 Å². The number of piperazine rings is 1. The minimum atomic E-state index is -3.21. The van der Waals surface area contributed by atoms with Crippen molar-refractivity contribution in [2.75, 3.05) is 70.5 Å². The fraction of sp³-hybridized carbons (Fsp3) is 0.568. The number of H-pyrrole nitrogens is 1. The maximum atomic E-state index is 14.4. The number of hydrogen-bond donors (Lipinski definition) is 2. The van der Waals surface area contributed by atoms with Crippen LogP contribution in [0.25, 0.3) is 10.9 Å². The quantitative estimate of drug-likeness (QED) is 0.374. The number of carbonyl (C=O) groups is 3. The van der Waals surface area contributed by atoms with E-state index in [1.54, 1.807) is 11.1 Å². The Labute approximate surface area is 305 Å². The van der Waals surface area contributed by atoms with Gasteiger partial charge in [0.15, 0.2) is 6.10 Å². The summed E-state index contributed by atoms with van der Waals surface area (Å²) in [6, 6.07) is 12.0. The van der Waals surface area contributed by atoms with Gasteiger partial charge in [0.25, 0.3) is 5.91 Å².